The molecular formula is C18H26O. The van der Waals surface area contributed by atoms with E-state index in [-0.39, 0.29) is 5.92 Å². The molecule has 1 aliphatic rings. The van der Waals surface area contributed by atoms with Crippen molar-refractivity contribution in [2.24, 2.45) is 11.8 Å². The average Bonchev–Trinajstić information content (AvgIpc) is 2.37. The van der Waals surface area contributed by atoms with Crippen molar-refractivity contribution in [3.8, 4) is 0 Å². The van der Waals surface area contributed by atoms with Crippen molar-refractivity contribution in [1.29, 1.82) is 0 Å². The van der Waals surface area contributed by atoms with Gasteiger partial charge in [0.05, 0.1) is 0 Å². The van der Waals surface area contributed by atoms with Crippen LogP contribution in [-0.2, 0) is 0 Å². The summed E-state index contributed by atoms with van der Waals surface area (Å²) in [5, 5.41) is 0. The first-order valence-electron chi connectivity index (χ1n) is 7.65. The normalized spacial score (nSPS) is 23.4. The number of benzene rings is 1. The molecule has 1 aliphatic carbocycles. The molecule has 1 saturated carbocycles. The molecule has 0 spiro atoms. The summed E-state index contributed by atoms with van der Waals surface area (Å²) in [5.74, 6) is 1.42. The molecule has 1 fully saturated rings. The molecule has 104 valence electrons. The van der Waals surface area contributed by atoms with Gasteiger partial charge in [-0.1, -0.05) is 43.9 Å². The Labute approximate surface area is 117 Å². The van der Waals surface area contributed by atoms with Crippen LogP contribution in [0.3, 0.4) is 0 Å². The van der Waals surface area contributed by atoms with Gasteiger partial charge in [-0.2, -0.15) is 0 Å². The van der Waals surface area contributed by atoms with Gasteiger partial charge in [-0.25, -0.2) is 0 Å². The largest absolute Gasteiger partial charge is 0.294 e. The van der Waals surface area contributed by atoms with E-state index in [2.05, 4.69) is 39.8 Å². The van der Waals surface area contributed by atoms with Crippen LogP contribution >= 0.6 is 0 Å². The molecule has 1 heteroatoms. The van der Waals surface area contributed by atoms with E-state index in [1.165, 1.54) is 24.8 Å². The number of rotatable bonds is 3. The number of carbonyl (C=O) groups is 1. The van der Waals surface area contributed by atoms with Gasteiger partial charge in [0.1, 0.15) is 0 Å². The fraction of sp³-hybridized carbons (Fsp3) is 0.611. The Morgan fingerprint density at radius 1 is 1.16 bits per heavy atom. The zero-order valence-corrected chi connectivity index (χ0v) is 12.8. The molecule has 0 N–H and O–H groups in total. The van der Waals surface area contributed by atoms with Gasteiger partial charge in [-0.15, -0.1) is 0 Å². The summed E-state index contributed by atoms with van der Waals surface area (Å²) in [4.78, 5) is 12.8. The summed E-state index contributed by atoms with van der Waals surface area (Å²) < 4.78 is 0. The fourth-order valence-electron chi connectivity index (χ4n) is 3.67. The standard InChI is InChI=1S/C18H26O/c1-5-15-7-6-8-16(11-15)18(19)17-13(3)9-12(2)10-14(17)4/h9-10,15-16H,5-8,11H2,1-4H3. The van der Waals surface area contributed by atoms with E-state index in [9.17, 15) is 4.79 Å². The molecule has 1 nitrogen and oxygen atoms in total. The molecule has 1 aromatic rings. The lowest BCUT2D eigenvalue weighted by atomic mass is 9.76. The fourth-order valence-corrected chi connectivity index (χ4v) is 3.67. The van der Waals surface area contributed by atoms with E-state index in [0.29, 0.717) is 5.78 Å². The molecule has 0 aliphatic heterocycles. The van der Waals surface area contributed by atoms with Crippen molar-refractivity contribution < 1.29 is 4.79 Å². The molecule has 2 atom stereocenters. The summed E-state index contributed by atoms with van der Waals surface area (Å²) in [6, 6.07) is 4.28. The van der Waals surface area contributed by atoms with Crippen LogP contribution in [0.15, 0.2) is 12.1 Å². The zero-order chi connectivity index (χ0) is 14.0. The molecular weight excluding hydrogens is 232 g/mol. The molecule has 0 heterocycles. The Morgan fingerprint density at radius 2 is 1.79 bits per heavy atom. The lowest BCUT2D eigenvalue weighted by Gasteiger charge is -2.28. The van der Waals surface area contributed by atoms with E-state index in [4.69, 9.17) is 0 Å². The van der Waals surface area contributed by atoms with E-state index in [1.807, 2.05) is 0 Å². The maximum Gasteiger partial charge on any atom is 0.166 e. The van der Waals surface area contributed by atoms with E-state index < -0.39 is 0 Å². The summed E-state index contributed by atoms with van der Waals surface area (Å²) in [5.41, 5.74) is 4.55. The molecule has 0 saturated heterocycles. The van der Waals surface area contributed by atoms with Crippen LogP contribution in [0.25, 0.3) is 0 Å². The first-order chi connectivity index (χ1) is 9.02. The van der Waals surface area contributed by atoms with Crippen molar-refractivity contribution >= 4 is 5.78 Å². The first-order valence-corrected chi connectivity index (χ1v) is 7.65. The summed E-state index contributed by atoms with van der Waals surface area (Å²) >= 11 is 0. The molecule has 1 aromatic carbocycles. The van der Waals surface area contributed by atoms with Crippen LogP contribution in [0.4, 0.5) is 0 Å². The van der Waals surface area contributed by atoms with Crippen molar-refractivity contribution in [3.05, 3.63) is 34.4 Å². The minimum absolute atomic E-state index is 0.263. The Balaban J connectivity index is 2.24. The molecule has 2 rings (SSSR count). The summed E-state index contributed by atoms with van der Waals surface area (Å²) in [7, 11) is 0. The highest BCUT2D eigenvalue weighted by atomic mass is 16.1. The third kappa shape index (κ3) is 3.08. The number of aryl methyl sites for hydroxylation is 3. The van der Waals surface area contributed by atoms with E-state index in [0.717, 1.165) is 35.4 Å². The van der Waals surface area contributed by atoms with Crippen molar-refractivity contribution in [1.82, 2.24) is 0 Å². The van der Waals surface area contributed by atoms with Gasteiger partial charge in [-0.05, 0) is 50.7 Å². The Kier molecular flexibility index (Phi) is 4.44. The third-order valence-electron chi connectivity index (χ3n) is 4.65. The maximum atomic E-state index is 12.8. The highest BCUT2D eigenvalue weighted by Crippen LogP contribution is 2.34. The van der Waals surface area contributed by atoms with Gasteiger partial charge in [0.15, 0.2) is 5.78 Å². The van der Waals surface area contributed by atoms with Gasteiger partial charge >= 0.3 is 0 Å². The average molecular weight is 258 g/mol. The lowest BCUT2D eigenvalue weighted by Crippen LogP contribution is -2.24. The van der Waals surface area contributed by atoms with Gasteiger partial charge < -0.3 is 0 Å². The monoisotopic (exact) mass is 258 g/mol. The van der Waals surface area contributed by atoms with Crippen LogP contribution in [0.1, 0.15) is 66.1 Å². The minimum atomic E-state index is 0.263. The van der Waals surface area contributed by atoms with Crippen LogP contribution in [0.2, 0.25) is 0 Å². The smallest absolute Gasteiger partial charge is 0.166 e. The molecule has 0 radical (unpaired) electrons. The highest BCUT2D eigenvalue weighted by Gasteiger charge is 2.28. The quantitative estimate of drug-likeness (QED) is 0.696. The van der Waals surface area contributed by atoms with Crippen molar-refractivity contribution in [2.75, 3.05) is 0 Å². The second-order valence-corrected chi connectivity index (χ2v) is 6.28. The number of Topliss-reactive ketones (excluding diaryl/α,β-unsaturated/α-hetero) is 1. The highest BCUT2D eigenvalue weighted by molar-refractivity contribution is 6.00. The van der Waals surface area contributed by atoms with Crippen LogP contribution < -0.4 is 0 Å². The van der Waals surface area contributed by atoms with Crippen LogP contribution in [-0.4, -0.2) is 5.78 Å². The second kappa shape index (κ2) is 5.90. The Hall–Kier alpha value is -1.11. The Morgan fingerprint density at radius 3 is 2.37 bits per heavy atom. The van der Waals surface area contributed by atoms with Gasteiger partial charge in [0, 0.05) is 11.5 Å². The van der Waals surface area contributed by atoms with Gasteiger partial charge in [0.25, 0.3) is 0 Å². The maximum absolute atomic E-state index is 12.8. The van der Waals surface area contributed by atoms with Crippen LogP contribution in [0, 0.1) is 32.6 Å². The molecule has 19 heavy (non-hydrogen) atoms. The third-order valence-corrected chi connectivity index (χ3v) is 4.65. The predicted octanol–water partition coefficient (Wildman–Crippen LogP) is 5.01. The topological polar surface area (TPSA) is 17.1 Å². The van der Waals surface area contributed by atoms with Gasteiger partial charge in [-0.3, -0.25) is 4.79 Å². The molecule has 0 aromatic heterocycles. The predicted molar refractivity (Wildman–Crippen MR) is 80.7 cm³/mol. The molecule has 2 unspecified atom stereocenters. The van der Waals surface area contributed by atoms with E-state index in [1.54, 1.807) is 0 Å². The van der Waals surface area contributed by atoms with E-state index >= 15 is 0 Å². The molecule has 0 amide bonds. The number of hydrogen-bond acceptors (Lipinski definition) is 1. The minimum Gasteiger partial charge on any atom is -0.294 e. The SMILES string of the molecule is CCC1CCCC(C(=O)c2c(C)cc(C)cc2C)C1. The summed E-state index contributed by atoms with van der Waals surface area (Å²) in [6.07, 6.45) is 5.94. The molecule has 0 bridgehead atoms. The number of carbonyl (C=O) groups excluding carboxylic acids is 1. The first kappa shape index (κ1) is 14.3. The summed E-state index contributed by atoms with van der Waals surface area (Å²) in [6.45, 7) is 8.50. The number of ketones is 1. The van der Waals surface area contributed by atoms with Gasteiger partial charge in [0.2, 0.25) is 0 Å². The Bertz CT molecular complexity index is 450. The number of hydrogen-bond donors (Lipinski definition) is 0. The lowest BCUT2D eigenvalue weighted by molar-refractivity contribution is 0.0860. The van der Waals surface area contributed by atoms with Crippen molar-refractivity contribution in [3.63, 3.8) is 0 Å². The van der Waals surface area contributed by atoms with Crippen LogP contribution in [0.5, 0.6) is 0 Å². The second-order valence-electron chi connectivity index (χ2n) is 6.28. The van der Waals surface area contributed by atoms with Crippen molar-refractivity contribution in [2.45, 2.75) is 59.8 Å². The zero-order valence-electron chi connectivity index (χ0n) is 12.8.